The van der Waals surface area contributed by atoms with Crippen LogP contribution < -0.4 is 0 Å². The first-order valence-corrected chi connectivity index (χ1v) is 8.75. The zero-order valence-corrected chi connectivity index (χ0v) is 15.7. The molecule has 1 N–H and O–H groups in total. The first-order chi connectivity index (χ1) is 11.8. The van der Waals surface area contributed by atoms with Crippen molar-refractivity contribution in [2.45, 2.75) is 20.8 Å². The molecular formula is C18H18ClFN2O2S. The molecule has 0 amide bonds. The quantitative estimate of drug-likeness (QED) is 0.595. The lowest BCUT2D eigenvalue weighted by atomic mass is 10.1. The fraction of sp³-hybridized carbons (Fsp3) is 0.222. The number of aliphatic hydroxyl groups is 1. The lowest BCUT2D eigenvalue weighted by molar-refractivity contribution is 0.0951. The van der Waals surface area contributed by atoms with Gasteiger partial charge in [-0.05, 0) is 49.4 Å². The van der Waals surface area contributed by atoms with Gasteiger partial charge in [0.15, 0.2) is 0 Å². The molecule has 0 saturated heterocycles. The Morgan fingerprint density at radius 2 is 2.16 bits per heavy atom. The van der Waals surface area contributed by atoms with Crippen molar-refractivity contribution in [2.75, 3.05) is 6.61 Å². The highest BCUT2D eigenvalue weighted by Gasteiger charge is 2.14. The van der Waals surface area contributed by atoms with Crippen molar-refractivity contribution >= 4 is 28.8 Å². The molecule has 25 heavy (non-hydrogen) atoms. The van der Waals surface area contributed by atoms with Crippen LogP contribution in [0.1, 0.15) is 24.3 Å². The Balaban J connectivity index is 2.35. The number of aromatic nitrogens is 2. The van der Waals surface area contributed by atoms with Crippen LogP contribution >= 0.6 is 22.9 Å². The highest BCUT2D eigenvalue weighted by molar-refractivity contribution is 7.13. The van der Waals surface area contributed by atoms with Crippen molar-refractivity contribution in [1.29, 1.82) is 0 Å². The third-order valence-electron chi connectivity index (χ3n) is 3.59. The minimum atomic E-state index is -0.731. The molecule has 0 saturated carbocycles. The van der Waals surface area contributed by atoms with Gasteiger partial charge in [0.1, 0.15) is 5.83 Å². The maximum absolute atomic E-state index is 13.4. The summed E-state index contributed by atoms with van der Waals surface area (Å²) in [7, 11) is 0. The molecule has 4 nitrogen and oxygen atoms in total. The van der Waals surface area contributed by atoms with E-state index in [2.05, 4.69) is 5.10 Å². The SMILES string of the molecule is C/C(Cl)=C(\C=C(\F)CO)C(/C)=C/C(=O)n1ncc(-c2cccs2)c1C. The standard InChI is InChI=1S/C18H18ClFN2O2S/c1-11(15(12(2)19)8-14(20)10-23)7-18(24)22-13(3)16(9-21-22)17-5-4-6-25-17/h4-9,23H,10H2,1-3H3/b11-7+,14-8+,15-12-. The summed E-state index contributed by atoms with van der Waals surface area (Å²) >= 11 is 7.55. The van der Waals surface area contributed by atoms with Crippen LogP contribution in [0.5, 0.6) is 0 Å². The first kappa shape index (κ1) is 19.3. The van der Waals surface area contributed by atoms with Crippen LogP contribution in [0.3, 0.4) is 0 Å². The van der Waals surface area contributed by atoms with Crippen LogP contribution in [0.25, 0.3) is 10.4 Å². The van der Waals surface area contributed by atoms with Crippen LogP contribution in [0.15, 0.2) is 57.9 Å². The number of carbonyl (C=O) groups excluding carboxylic acids is 1. The fourth-order valence-electron chi connectivity index (χ4n) is 2.32. The number of hydrogen-bond acceptors (Lipinski definition) is 4. The number of hydrogen-bond donors (Lipinski definition) is 1. The molecule has 2 rings (SSSR count). The number of nitrogens with zero attached hydrogens (tertiary/aromatic N) is 2. The number of rotatable bonds is 5. The smallest absolute Gasteiger partial charge is 0.271 e. The Morgan fingerprint density at radius 3 is 2.72 bits per heavy atom. The van der Waals surface area contributed by atoms with E-state index < -0.39 is 12.4 Å². The lowest BCUT2D eigenvalue weighted by Gasteiger charge is -2.06. The van der Waals surface area contributed by atoms with Crippen molar-refractivity contribution in [3.8, 4) is 10.4 Å². The summed E-state index contributed by atoms with van der Waals surface area (Å²) < 4.78 is 14.7. The summed E-state index contributed by atoms with van der Waals surface area (Å²) in [5, 5.41) is 15.3. The molecule has 0 aliphatic heterocycles. The third-order valence-corrected chi connectivity index (χ3v) is 4.70. The van der Waals surface area contributed by atoms with Crippen molar-refractivity contribution in [3.63, 3.8) is 0 Å². The number of allylic oxidation sites excluding steroid dienone is 5. The maximum atomic E-state index is 13.4. The average molecular weight is 381 g/mol. The molecule has 0 bridgehead atoms. The number of carbonyl (C=O) groups is 1. The molecule has 0 unspecified atom stereocenters. The molecule has 7 heteroatoms. The second-order valence-corrected chi connectivity index (χ2v) is 6.91. The Labute approximate surface area is 154 Å². The van der Waals surface area contributed by atoms with Gasteiger partial charge in [-0.15, -0.1) is 11.3 Å². The number of thiophene rings is 1. The molecule has 2 aromatic rings. The molecule has 0 atom stereocenters. The molecule has 0 aliphatic rings. The predicted octanol–water partition coefficient (Wildman–Crippen LogP) is 4.87. The van der Waals surface area contributed by atoms with E-state index in [1.807, 2.05) is 24.4 Å². The van der Waals surface area contributed by atoms with Crippen molar-refractivity contribution in [3.05, 3.63) is 63.6 Å². The van der Waals surface area contributed by atoms with E-state index in [0.29, 0.717) is 16.2 Å². The molecule has 2 heterocycles. The zero-order chi connectivity index (χ0) is 18.6. The highest BCUT2D eigenvalue weighted by Crippen LogP contribution is 2.27. The minimum absolute atomic E-state index is 0.321. The van der Waals surface area contributed by atoms with Crippen molar-refractivity contribution < 1.29 is 14.3 Å². The topological polar surface area (TPSA) is 55.1 Å². The van der Waals surface area contributed by atoms with E-state index in [1.54, 1.807) is 31.4 Å². The molecule has 0 aliphatic carbocycles. The van der Waals surface area contributed by atoms with Crippen LogP contribution in [0.2, 0.25) is 0 Å². The number of aliphatic hydroxyl groups excluding tert-OH is 1. The Morgan fingerprint density at radius 1 is 1.44 bits per heavy atom. The van der Waals surface area contributed by atoms with E-state index >= 15 is 0 Å². The van der Waals surface area contributed by atoms with Gasteiger partial charge in [-0.25, -0.2) is 9.07 Å². The minimum Gasteiger partial charge on any atom is -0.389 e. The lowest BCUT2D eigenvalue weighted by Crippen LogP contribution is -2.12. The summed E-state index contributed by atoms with van der Waals surface area (Å²) in [6.07, 6.45) is 4.12. The molecule has 0 spiro atoms. The molecule has 0 radical (unpaired) electrons. The van der Waals surface area contributed by atoms with Crippen molar-refractivity contribution in [2.24, 2.45) is 0 Å². The predicted molar refractivity (Wildman–Crippen MR) is 99.5 cm³/mol. The van der Waals surface area contributed by atoms with Gasteiger partial charge in [-0.1, -0.05) is 17.7 Å². The van der Waals surface area contributed by atoms with Gasteiger partial charge in [-0.2, -0.15) is 5.10 Å². The molecule has 0 aromatic carbocycles. The average Bonchev–Trinajstić information content (AvgIpc) is 3.20. The van der Waals surface area contributed by atoms with Crippen LogP contribution in [-0.4, -0.2) is 27.4 Å². The van der Waals surface area contributed by atoms with Gasteiger partial charge < -0.3 is 5.11 Å². The second-order valence-electron chi connectivity index (χ2n) is 5.39. The van der Waals surface area contributed by atoms with Crippen molar-refractivity contribution in [1.82, 2.24) is 9.78 Å². The number of halogens is 2. The van der Waals surface area contributed by atoms with E-state index in [4.69, 9.17) is 16.7 Å². The normalized spacial score (nSPS) is 13.8. The summed E-state index contributed by atoms with van der Waals surface area (Å²) in [6, 6.07) is 3.90. The molecule has 0 fully saturated rings. The van der Waals surface area contributed by atoms with Crippen LogP contribution in [0, 0.1) is 6.92 Å². The van der Waals surface area contributed by atoms with E-state index in [-0.39, 0.29) is 5.91 Å². The van der Waals surface area contributed by atoms with Crippen LogP contribution in [0.4, 0.5) is 4.39 Å². The Kier molecular flexibility index (Phi) is 6.47. The summed E-state index contributed by atoms with van der Waals surface area (Å²) in [5.41, 5.74) is 2.45. The maximum Gasteiger partial charge on any atom is 0.271 e. The van der Waals surface area contributed by atoms with Gasteiger partial charge in [-0.3, -0.25) is 4.79 Å². The zero-order valence-electron chi connectivity index (χ0n) is 14.1. The van der Waals surface area contributed by atoms with E-state index in [1.165, 1.54) is 10.8 Å². The van der Waals surface area contributed by atoms with Gasteiger partial charge in [0.05, 0.1) is 18.5 Å². The van der Waals surface area contributed by atoms with Gasteiger partial charge in [0, 0.05) is 21.5 Å². The molecule has 2 aromatic heterocycles. The van der Waals surface area contributed by atoms with E-state index in [0.717, 1.165) is 22.2 Å². The Bertz CT molecular complexity index is 860. The summed E-state index contributed by atoms with van der Waals surface area (Å²) in [4.78, 5) is 13.6. The fourth-order valence-corrected chi connectivity index (χ4v) is 3.31. The van der Waals surface area contributed by atoms with Gasteiger partial charge in [0.25, 0.3) is 5.91 Å². The molecule has 132 valence electrons. The highest BCUT2D eigenvalue weighted by atomic mass is 35.5. The largest absolute Gasteiger partial charge is 0.389 e. The second kappa shape index (κ2) is 8.38. The summed E-state index contributed by atoms with van der Waals surface area (Å²) in [5.74, 6) is -1.09. The van der Waals surface area contributed by atoms with Crippen LogP contribution in [-0.2, 0) is 0 Å². The van der Waals surface area contributed by atoms with E-state index in [9.17, 15) is 9.18 Å². The van der Waals surface area contributed by atoms with Gasteiger partial charge in [0.2, 0.25) is 0 Å². The van der Waals surface area contributed by atoms with Gasteiger partial charge >= 0.3 is 0 Å². The first-order valence-electron chi connectivity index (χ1n) is 7.50. The summed E-state index contributed by atoms with van der Waals surface area (Å²) in [6.45, 7) is 4.34. The third kappa shape index (κ3) is 4.54. The monoisotopic (exact) mass is 380 g/mol. The Hall–Kier alpha value is -2.02. The molecular weight excluding hydrogens is 363 g/mol.